The molecule has 164 valence electrons. The number of anilines is 2. The molecule has 7 nitrogen and oxygen atoms in total. The van der Waals surface area contributed by atoms with Crippen molar-refractivity contribution in [1.82, 2.24) is 0 Å². The molecule has 32 heavy (non-hydrogen) atoms. The molecule has 2 saturated heterocycles. The first-order chi connectivity index (χ1) is 15.5. The summed E-state index contributed by atoms with van der Waals surface area (Å²) in [6, 6.07) is 15.7. The lowest BCUT2D eigenvalue weighted by Gasteiger charge is -2.19. The number of carbonyl (C=O) groups is 4. The first kappa shape index (κ1) is 20.4. The van der Waals surface area contributed by atoms with E-state index in [0.29, 0.717) is 11.4 Å². The van der Waals surface area contributed by atoms with E-state index < -0.39 is 11.9 Å². The first-order valence-electron chi connectivity index (χ1n) is 11.1. The maximum absolute atomic E-state index is 12.7. The van der Waals surface area contributed by atoms with Crippen LogP contribution in [0, 0.1) is 17.8 Å². The van der Waals surface area contributed by atoms with Gasteiger partial charge in [0.05, 0.1) is 23.4 Å². The molecular weight excluding hydrogens is 408 g/mol. The summed E-state index contributed by atoms with van der Waals surface area (Å²) in [6.45, 7) is 0.277. The Morgan fingerprint density at radius 3 is 2.06 bits per heavy atom. The van der Waals surface area contributed by atoms with Crippen LogP contribution in [-0.4, -0.2) is 30.2 Å². The molecule has 7 heteroatoms. The Balaban J connectivity index is 1.24. The van der Waals surface area contributed by atoms with E-state index in [1.54, 1.807) is 29.2 Å². The Labute approximate surface area is 185 Å². The Bertz CT molecular complexity index is 1040. The van der Waals surface area contributed by atoms with Crippen molar-refractivity contribution in [2.75, 3.05) is 16.3 Å². The zero-order chi connectivity index (χ0) is 22.2. The van der Waals surface area contributed by atoms with Crippen LogP contribution in [0.1, 0.15) is 32.1 Å². The molecule has 2 aromatic carbocycles. The predicted octanol–water partition coefficient (Wildman–Crippen LogP) is 3.32. The lowest BCUT2D eigenvalue weighted by atomic mass is 9.81. The smallest absolute Gasteiger partial charge is 0.316 e. The van der Waals surface area contributed by atoms with Crippen LogP contribution in [0.3, 0.4) is 0 Å². The average Bonchev–Trinajstić information content (AvgIpc) is 3.33. The van der Waals surface area contributed by atoms with Gasteiger partial charge in [0, 0.05) is 18.7 Å². The third kappa shape index (κ3) is 3.57. The number of carbonyl (C=O) groups excluding carboxylic acids is 4. The number of nitrogens with zero attached hydrogens (tertiary/aromatic N) is 2. The topological polar surface area (TPSA) is 84.0 Å². The Kier molecular flexibility index (Phi) is 5.25. The van der Waals surface area contributed by atoms with Crippen molar-refractivity contribution in [3.63, 3.8) is 0 Å². The minimum atomic E-state index is -0.549. The van der Waals surface area contributed by atoms with Crippen LogP contribution in [-0.2, 0) is 19.2 Å². The van der Waals surface area contributed by atoms with E-state index in [0.717, 1.165) is 31.4 Å². The molecule has 5 rings (SSSR count). The number of ether oxygens (including phenoxy) is 1. The van der Waals surface area contributed by atoms with Crippen LogP contribution in [0.5, 0.6) is 5.75 Å². The highest BCUT2D eigenvalue weighted by molar-refractivity contribution is 6.22. The molecule has 0 bridgehead atoms. The summed E-state index contributed by atoms with van der Waals surface area (Å²) in [4.78, 5) is 53.4. The highest BCUT2D eigenvalue weighted by atomic mass is 16.5. The molecule has 3 atom stereocenters. The molecule has 3 aliphatic rings. The van der Waals surface area contributed by atoms with Gasteiger partial charge in [-0.3, -0.25) is 24.1 Å². The second-order valence-electron chi connectivity index (χ2n) is 8.67. The lowest BCUT2D eigenvalue weighted by Crippen LogP contribution is -2.30. The fourth-order valence-electron chi connectivity index (χ4n) is 5.00. The van der Waals surface area contributed by atoms with E-state index in [-0.39, 0.29) is 42.5 Å². The molecule has 1 aliphatic carbocycles. The zero-order valence-electron chi connectivity index (χ0n) is 17.6. The van der Waals surface area contributed by atoms with Crippen LogP contribution >= 0.6 is 0 Å². The van der Waals surface area contributed by atoms with Gasteiger partial charge in [0.2, 0.25) is 17.7 Å². The first-order valence-corrected chi connectivity index (χ1v) is 11.1. The van der Waals surface area contributed by atoms with Crippen LogP contribution in [0.4, 0.5) is 11.4 Å². The number of esters is 1. The van der Waals surface area contributed by atoms with Gasteiger partial charge in [-0.2, -0.15) is 0 Å². The standard InChI is InChI=1S/C25H24N2O5/c28-22-14-16(15-26(22)17-6-2-1-3-7-17)25(31)32-19-12-10-18(11-13-19)27-23(29)20-8-4-5-9-21(20)24(27)30/h1-3,6-7,10-13,16,20-21H,4-5,8-9,14-15H2/t16-,20+,21+/m1/s1. The molecule has 2 aliphatic heterocycles. The molecule has 2 heterocycles. The SMILES string of the molecule is O=C(Oc1ccc(N2C(=O)[C@H]3CCCC[C@@H]3C2=O)cc1)[C@@H]1CC(=O)N(c2ccccc2)C1. The zero-order valence-corrected chi connectivity index (χ0v) is 17.6. The van der Waals surface area contributed by atoms with Gasteiger partial charge in [0.15, 0.2) is 0 Å². The van der Waals surface area contributed by atoms with Gasteiger partial charge in [-0.25, -0.2) is 0 Å². The van der Waals surface area contributed by atoms with Gasteiger partial charge in [-0.15, -0.1) is 0 Å². The van der Waals surface area contributed by atoms with E-state index in [1.807, 2.05) is 30.3 Å². The fraction of sp³-hybridized carbons (Fsp3) is 0.360. The molecule has 0 spiro atoms. The van der Waals surface area contributed by atoms with Gasteiger partial charge >= 0.3 is 5.97 Å². The van der Waals surface area contributed by atoms with Crippen molar-refractivity contribution in [2.45, 2.75) is 32.1 Å². The van der Waals surface area contributed by atoms with Crippen molar-refractivity contribution in [3.05, 3.63) is 54.6 Å². The van der Waals surface area contributed by atoms with Crippen molar-refractivity contribution < 1.29 is 23.9 Å². The van der Waals surface area contributed by atoms with Gasteiger partial charge in [-0.05, 0) is 49.2 Å². The largest absolute Gasteiger partial charge is 0.426 e. The second kappa shape index (κ2) is 8.22. The summed E-state index contributed by atoms with van der Waals surface area (Å²) in [6.07, 6.45) is 3.59. The van der Waals surface area contributed by atoms with E-state index in [1.165, 1.54) is 4.90 Å². The number of hydrogen-bond donors (Lipinski definition) is 0. The summed E-state index contributed by atoms with van der Waals surface area (Å²) in [5.41, 5.74) is 1.26. The monoisotopic (exact) mass is 432 g/mol. The van der Waals surface area contributed by atoms with Crippen molar-refractivity contribution in [3.8, 4) is 5.75 Å². The lowest BCUT2D eigenvalue weighted by molar-refractivity contribution is -0.139. The predicted molar refractivity (Wildman–Crippen MR) is 117 cm³/mol. The second-order valence-corrected chi connectivity index (χ2v) is 8.67. The molecule has 0 radical (unpaired) electrons. The number of imide groups is 1. The molecule has 0 N–H and O–H groups in total. The fourth-order valence-corrected chi connectivity index (χ4v) is 5.00. The van der Waals surface area contributed by atoms with Crippen LogP contribution in [0.25, 0.3) is 0 Å². The number of rotatable bonds is 4. The molecular formula is C25H24N2O5. The third-order valence-corrected chi connectivity index (χ3v) is 6.68. The van der Waals surface area contributed by atoms with Crippen molar-refractivity contribution >= 4 is 35.1 Å². The summed E-state index contributed by atoms with van der Waals surface area (Å²) in [7, 11) is 0. The molecule has 3 amide bonds. The van der Waals surface area contributed by atoms with Gasteiger partial charge in [-0.1, -0.05) is 31.0 Å². The van der Waals surface area contributed by atoms with Crippen LogP contribution in [0.2, 0.25) is 0 Å². The summed E-state index contributed by atoms with van der Waals surface area (Å²) in [5.74, 6) is -1.48. The quantitative estimate of drug-likeness (QED) is 0.420. The highest BCUT2D eigenvalue weighted by Gasteiger charge is 2.48. The maximum Gasteiger partial charge on any atom is 0.316 e. The van der Waals surface area contributed by atoms with Gasteiger partial charge in [0.25, 0.3) is 0 Å². The Morgan fingerprint density at radius 2 is 1.44 bits per heavy atom. The molecule has 2 aromatic rings. The summed E-state index contributed by atoms with van der Waals surface area (Å²) >= 11 is 0. The number of hydrogen-bond acceptors (Lipinski definition) is 5. The number of benzene rings is 2. The third-order valence-electron chi connectivity index (χ3n) is 6.68. The van der Waals surface area contributed by atoms with E-state index in [4.69, 9.17) is 4.74 Å². The van der Waals surface area contributed by atoms with Crippen LogP contribution in [0.15, 0.2) is 54.6 Å². The number of para-hydroxylation sites is 1. The molecule has 0 unspecified atom stereocenters. The minimum absolute atomic E-state index is 0.103. The normalized spacial score (nSPS) is 25.2. The molecule has 1 saturated carbocycles. The minimum Gasteiger partial charge on any atom is -0.426 e. The summed E-state index contributed by atoms with van der Waals surface area (Å²) < 4.78 is 5.49. The van der Waals surface area contributed by atoms with E-state index in [9.17, 15) is 19.2 Å². The highest BCUT2D eigenvalue weighted by Crippen LogP contribution is 2.40. The Hall–Kier alpha value is -3.48. The number of fused-ring (bicyclic) bond motifs is 1. The van der Waals surface area contributed by atoms with Gasteiger partial charge < -0.3 is 9.64 Å². The van der Waals surface area contributed by atoms with E-state index in [2.05, 4.69) is 0 Å². The van der Waals surface area contributed by atoms with E-state index >= 15 is 0 Å². The van der Waals surface area contributed by atoms with Crippen molar-refractivity contribution in [2.24, 2.45) is 17.8 Å². The molecule has 0 aromatic heterocycles. The molecule has 3 fully saturated rings. The average molecular weight is 432 g/mol. The van der Waals surface area contributed by atoms with Crippen LogP contribution < -0.4 is 14.5 Å². The Morgan fingerprint density at radius 1 is 0.812 bits per heavy atom. The maximum atomic E-state index is 12.7. The number of amides is 3. The van der Waals surface area contributed by atoms with Crippen molar-refractivity contribution in [1.29, 1.82) is 0 Å². The van der Waals surface area contributed by atoms with Gasteiger partial charge in [0.1, 0.15) is 5.75 Å². The summed E-state index contributed by atoms with van der Waals surface area (Å²) in [5, 5.41) is 0.